The summed E-state index contributed by atoms with van der Waals surface area (Å²) < 4.78 is 0. The van der Waals surface area contributed by atoms with Crippen LogP contribution in [0.1, 0.15) is 37.7 Å². The maximum atomic E-state index is 11.6. The zero-order valence-electron chi connectivity index (χ0n) is 10.6. The Morgan fingerprint density at radius 3 is 2.56 bits per heavy atom. The number of carbonyl (C=O) groups excluding carboxylic acids is 1. The minimum absolute atomic E-state index is 0.103. The Labute approximate surface area is 108 Å². The van der Waals surface area contributed by atoms with E-state index in [4.69, 9.17) is 0 Å². The van der Waals surface area contributed by atoms with Crippen LogP contribution < -0.4 is 10.6 Å². The van der Waals surface area contributed by atoms with Crippen molar-refractivity contribution < 1.29 is 4.79 Å². The molecule has 96 valence electrons. The standard InChI is InChI=1S/C15H20N2O/c18-15(17-14-9-5-2-6-10-14)16-12-11-13-7-3-1-4-8-13/h1,3-4,7-8,11-12,14H,2,5-6,9-10H2,(H2,16,17,18)/b12-11+. The second-order valence-electron chi connectivity index (χ2n) is 4.70. The second-order valence-corrected chi connectivity index (χ2v) is 4.70. The molecule has 0 heterocycles. The maximum absolute atomic E-state index is 11.6. The number of rotatable bonds is 3. The van der Waals surface area contributed by atoms with Gasteiger partial charge in [-0.05, 0) is 24.5 Å². The van der Waals surface area contributed by atoms with Gasteiger partial charge in [-0.1, -0.05) is 49.6 Å². The molecule has 1 saturated carbocycles. The Kier molecular flexibility index (Phi) is 4.82. The summed E-state index contributed by atoms with van der Waals surface area (Å²) in [6.45, 7) is 0. The summed E-state index contributed by atoms with van der Waals surface area (Å²) in [5.41, 5.74) is 1.08. The Hall–Kier alpha value is -1.77. The van der Waals surface area contributed by atoms with E-state index >= 15 is 0 Å². The van der Waals surface area contributed by atoms with Gasteiger partial charge >= 0.3 is 6.03 Å². The highest BCUT2D eigenvalue weighted by Gasteiger charge is 2.14. The van der Waals surface area contributed by atoms with E-state index < -0.39 is 0 Å². The molecule has 18 heavy (non-hydrogen) atoms. The fourth-order valence-corrected chi connectivity index (χ4v) is 2.25. The molecule has 2 rings (SSSR count). The quantitative estimate of drug-likeness (QED) is 0.841. The summed E-state index contributed by atoms with van der Waals surface area (Å²) in [5.74, 6) is 0. The molecule has 1 fully saturated rings. The molecule has 1 aliphatic carbocycles. The van der Waals surface area contributed by atoms with Gasteiger partial charge in [-0.15, -0.1) is 0 Å². The van der Waals surface area contributed by atoms with E-state index in [9.17, 15) is 4.79 Å². The zero-order chi connectivity index (χ0) is 12.6. The van der Waals surface area contributed by atoms with Crippen LogP contribution in [0, 0.1) is 0 Å². The lowest BCUT2D eigenvalue weighted by Crippen LogP contribution is -2.40. The lowest BCUT2D eigenvalue weighted by Gasteiger charge is -2.22. The number of carbonyl (C=O) groups is 1. The topological polar surface area (TPSA) is 41.1 Å². The smallest absolute Gasteiger partial charge is 0.318 e. The normalized spacial score (nSPS) is 16.7. The third kappa shape index (κ3) is 4.24. The molecule has 3 heteroatoms. The lowest BCUT2D eigenvalue weighted by atomic mass is 9.96. The van der Waals surface area contributed by atoms with Crippen LogP contribution in [-0.4, -0.2) is 12.1 Å². The van der Waals surface area contributed by atoms with E-state index in [0.29, 0.717) is 6.04 Å². The van der Waals surface area contributed by atoms with Crippen molar-refractivity contribution in [3.63, 3.8) is 0 Å². The molecule has 1 aliphatic rings. The summed E-state index contributed by atoms with van der Waals surface area (Å²) in [6.07, 6.45) is 9.54. The van der Waals surface area contributed by atoms with Gasteiger partial charge in [-0.2, -0.15) is 0 Å². The highest BCUT2D eigenvalue weighted by atomic mass is 16.2. The summed E-state index contributed by atoms with van der Waals surface area (Å²) in [5, 5.41) is 5.75. The fourth-order valence-electron chi connectivity index (χ4n) is 2.25. The van der Waals surface area contributed by atoms with E-state index in [1.54, 1.807) is 6.20 Å². The molecule has 0 atom stereocenters. The predicted molar refractivity (Wildman–Crippen MR) is 74.0 cm³/mol. The van der Waals surface area contributed by atoms with Crippen molar-refractivity contribution in [2.75, 3.05) is 0 Å². The van der Waals surface area contributed by atoms with Gasteiger partial charge in [-0.25, -0.2) is 4.79 Å². The Morgan fingerprint density at radius 2 is 1.83 bits per heavy atom. The molecule has 0 aliphatic heterocycles. The Balaban J connectivity index is 1.72. The molecule has 0 unspecified atom stereocenters. The number of hydrogen-bond donors (Lipinski definition) is 2. The van der Waals surface area contributed by atoms with Crippen molar-refractivity contribution in [2.45, 2.75) is 38.1 Å². The first-order valence-electron chi connectivity index (χ1n) is 6.63. The molecule has 1 aromatic rings. The van der Waals surface area contributed by atoms with Crippen LogP contribution in [0.25, 0.3) is 6.08 Å². The summed E-state index contributed by atoms with van der Waals surface area (Å²) in [4.78, 5) is 11.6. The zero-order valence-corrected chi connectivity index (χ0v) is 10.6. The van der Waals surface area contributed by atoms with E-state index in [-0.39, 0.29) is 6.03 Å². The van der Waals surface area contributed by atoms with Crippen LogP contribution in [0.3, 0.4) is 0 Å². The first kappa shape index (κ1) is 12.7. The molecular formula is C15H20N2O. The van der Waals surface area contributed by atoms with Crippen LogP contribution in [0.4, 0.5) is 4.79 Å². The molecule has 0 spiro atoms. The molecule has 2 N–H and O–H groups in total. The van der Waals surface area contributed by atoms with E-state index in [2.05, 4.69) is 10.6 Å². The maximum Gasteiger partial charge on any atom is 0.318 e. The van der Waals surface area contributed by atoms with Crippen molar-refractivity contribution in [1.29, 1.82) is 0 Å². The average Bonchev–Trinajstić information content (AvgIpc) is 2.41. The minimum Gasteiger partial charge on any atom is -0.335 e. The van der Waals surface area contributed by atoms with Crippen molar-refractivity contribution in [1.82, 2.24) is 10.6 Å². The first-order valence-corrected chi connectivity index (χ1v) is 6.63. The third-order valence-electron chi connectivity index (χ3n) is 3.23. The predicted octanol–water partition coefficient (Wildman–Crippen LogP) is 3.29. The van der Waals surface area contributed by atoms with Gasteiger partial charge in [0.25, 0.3) is 0 Å². The van der Waals surface area contributed by atoms with Gasteiger partial charge in [0.15, 0.2) is 0 Å². The SMILES string of the molecule is O=C(N/C=C/c1ccccc1)NC1CCCCC1. The van der Waals surface area contributed by atoms with Crippen LogP contribution in [0.15, 0.2) is 36.5 Å². The van der Waals surface area contributed by atoms with Gasteiger partial charge in [-0.3, -0.25) is 0 Å². The molecule has 0 saturated heterocycles. The Morgan fingerprint density at radius 1 is 1.11 bits per heavy atom. The summed E-state index contributed by atoms with van der Waals surface area (Å²) in [6, 6.07) is 10.2. The van der Waals surface area contributed by atoms with Crippen LogP contribution >= 0.6 is 0 Å². The number of nitrogens with one attached hydrogen (secondary N) is 2. The molecule has 0 bridgehead atoms. The van der Waals surface area contributed by atoms with Crippen molar-refractivity contribution >= 4 is 12.1 Å². The number of urea groups is 1. The molecule has 0 radical (unpaired) electrons. The van der Waals surface area contributed by atoms with E-state index in [0.717, 1.165) is 18.4 Å². The van der Waals surface area contributed by atoms with E-state index in [1.165, 1.54) is 19.3 Å². The van der Waals surface area contributed by atoms with Crippen molar-refractivity contribution in [2.24, 2.45) is 0 Å². The molecule has 3 nitrogen and oxygen atoms in total. The van der Waals surface area contributed by atoms with Crippen LogP contribution in [0.2, 0.25) is 0 Å². The van der Waals surface area contributed by atoms with Gasteiger partial charge in [0.1, 0.15) is 0 Å². The van der Waals surface area contributed by atoms with E-state index in [1.807, 2.05) is 36.4 Å². The highest BCUT2D eigenvalue weighted by molar-refractivity contribution is 5.76. The molecular weight excluding hydrogens is 224 g/mol. The first-order chi connectivity index (χ1) is 8.84. The van der Waals surface area contributed by atoms with Gasteiger partial charge in [0.2, 0.25) is 0 Å². The number of benzene rings is 1. The number of hydrogen-bond acceptors (Lipinski definition) is 1. The van der Waals surface area contributed by atoms with Gasteiger partial charge in [0.05, 0.1) is 0 Å². The fraction of sp³-hybridized carbons (Fsp3) is 0.400. The van der Waals surface area contributed by atoms with Crippen molar-refractivity contribution in [3.05, 3.63) is 42.1 Å². The molecule has 1 aromatic carbocycles. The number of amides is 2. The van der Waals surface area contributed by atoms with Crippen LogP contribution in [-0.2, 0) is 0 Å². The van der Waals surface area contributed by atoms with Crippen molar-refractivity contribution in [3.8, 4) is 0 Å². The highest BCUT2D eigenvalue weighted by Crippen LogP contribution is 2.17. The monoisotopic (exact) mass is 244 g/mol. The van der Waals surface area contributed by atoms with Crippen LogP contribution in [0.5, 0.6) is 0 Å². The molecule has 2 amide bonds. The van der Waals surface area contributed by atoms with Gasteiger partial charge < -0.3 is 10.6 Å². The third-order valence-corrected chi connectivity index (χ3v) is 3.23. The average molecular weight is 244 g/mol. The summed E-state index contributed by atoms with van der Waals surface area (Å²) >= 11 is 0. The largest absolute Gasteiger partial charge is 0.335 e. The second kappa shape index (κ2) is 6.84. The minimum atomic E-state index is -0.103. The lowest BCUT2D eigenvalue weighted by molar-refractivity contribution is 0.236. The van der Waals surface area contributed by atoms with Gasteiger partial charge in [0, 0.05) is 12.2 Å². The Bertz CT molecular complexity index is 394. The summed E-state index contributed by atoms with van der Waals surface area (Å²) in [7, 11) is 0. The molecule has 0 aromatic heterocycles.